The third kappa shape index (κ3) is 11.4. The molecule has 0 saturated carbocycles. The van der Waals surface area contributed by atoms with Gasteiger partial charge in [-0.05, 0) is 61.2 Å². The summed E-state index contributed by atoms with van der Waals surface area (Å²) in [6, 6.07) is 16.2. The molecular formula is C30H41FO. The van der Waals surface area contributed by atoms with E-state index >= 15 is 0 Å². The summed E-state index contributed by atoms with van der Waals surface area (Å²) >= 11 is 0. The van der Waals surface area contributed by atoms with E-state index in [4.69, 9.17) is 4.74 Å². The van der Waals surface area contributed by atoms with Crippen LogP contribution in [-0.4, -0.2) is 12.8 Å². The minimum absolute atomic E-state index is 0.127. The molecule has 0 spiro atoms. The summed E-state index contributed by atoms with van der Waals surface area (Å²) < 4.78 is 19.5. The van der Waals surface area contributed by atoms with Crippen LogP contribution in [0.5, 0.6) is 5.75 Å². The number of aryl methyl sites for hydroxylation is 1. The van der Waals surface area contributed by atoms with Crippen molar-refractivity contribution < 1.29 is 9.13 Å². The van der Waals surface area contributed by atoms with Gasteiger partial charge < -0.3 is 4.74 Å². The molecule has 0 aromatic heterocycles. The van der Waals surface area contributed by atoms with Crippen LogP contribution in [0.15, 0.2) is 48.5 Å². The minimum Gasteiger partial charge on any atom is -0.491 e. The van der Waals surface area contributed by atoms with E-state index in [1.54, 1.807) is 0 Å². The summed E-state index contributed by atoms with van der Waals surface area (Å²) in [5, 5.41) is 0. The number of halogens is 1. The first-order valence-corrected chi connectivity index (χ1v) is 12.7. The maximum Gasteiger partial charge on any atom is 0.134 e. The van der Waals surface area contributed by atoms with E-state index in [0.29, 0.717) is 12.2 Å². The quantitative estimate of drug-likeness (QED) is 0.200. The Hall–Kier alpha value is -2.27. The maximum absolute atomic E-state index is 13.9. The number of alkyl halides is 1. The van der Waals surface area contributed by atoms with Gasteiger partial charge in [-0.3, -0.25) is 0 Å². The highest BCUT2D eigenvalue weighted by Gasteiger charge is 2.07. The van der Waals surface area contributed by atoms with Gasteiger partial charge >= 0.3 is 0 Å². The first-order valence-electron chi connectivity index (χ1n) is 12.7. The lowest BCUT2D eigenvalue weighted by molar-refractivity contribution is 0.184. The number of ether oxygens (including phenoxy) is 1. The second kappa shape index (κ2) is 16.4. The Balaban J connectivity index is 1.71. The molecule has 2 heteroatoms. The summed E-state index contributed by atoms with van der Waals surface area (Å²) in [4.78, 5) is 0. The van der Waals surface area contributed by atoms with Crippen molar-refractivity contribution in [1.29, 1.82) is 0 Å². The average molecular weight is 437 g/mol. The van der Waals surface area contributed by atoms with E-state index in [0.717, 1.165) is 30.4 Å². The monoisotopic (exact) mass is 436 g/mol. The zero-order chi connectivity index (χ0) is 22.9. The Morgan fingerprint density at radius 3 is 1.84 bits per heavy atom. The molecule has 0 N–H and O–H groups in total. The molecule has 0 saturated heterocycles. The Morgan fingerprint density at radius 1 is 0.688 bits per heavy atom. The first kappa shape index (κ1) is 26.0. The van der Waals surface area contributed by atoms with Crippen LogP contribution in [0.4, 0.5) is 4.39 Å². The fraction of sp³-hybridized carbons (Fsp3) is 0.533. The third-order valence-electron chi connectivity index (χ3n) is 5.78. The van der Waals surface area contributed by atoms with Crippen molar-refractivity contribution in [3.8, 4) is 17.6 Å². The van der Waals surface area contributed by atoms with Crippen LogP contribution in [0.25, 0.3) is 0 Å². The van der Waals surface area contributed by atoms with Crippen molar-refractivity contribution in [3.05, 3.63) is 65.2 Å². The minimum atomic E-state index is -0.893. The second-order valence-corrected chi connectivity index (χ2v) is 8.75. The van der Waals surface area contributed by atoms with Crippen LogP contribution in [0.2, 0.25) is 0 Å². The molecule has 1 atom stereocenters. The van der Waals surface area contributed by atoms with Gasteiger partial charge in [0, 0.05) is 11.1 Å². The molecule has 0 bridgehead atoms. The number of rotatable bonds is 15. The Bertz CT molecular complexity index is 782. The van der Waals surface area contributed by atoms with E-state index in [9.17, 15) is 4.39 Å². The molecular weight excluding hydrogens is 395 g/mol. The van der Waals surface area contributed by atoms with E-state index in [1.807, 2.05) is 24.3 Å². The Kier molecular flexibility index (Phi) is 13.3. The van der Waals surface area contributed by atoms with Crippen LogP contribution in [0.3, 0.4) is 0 Å². The topological polar surface area (TPSA) is 9.23 Å². The molecule has 0 amide bonds. The van der Waals surface area contributed by atoms with E-state index in [1.165, 1.54) is 56.9 Å². The van der Waals surface area contributed by atoms with Crippen molar-refractivity contribution in [1.82, 2.24) is 0 Å². The maximum atomic E-state index is 13.9. The lowest BCUT2D eigenvalue weighted by Crippen LogP contribution is -2.12. The highest BCUT2D eigenvalue weighted by atomic mass is 19.1. The Labute approximate surface area is 195 Å². The smallest absolute Gasteiger partial charge is 0.134 e. The number of hydrogen-bond donors (Lipinski definition) is 0. The number of benzene rings is 2. The molecule has 0 fully saturated rings. The van der Waals surface area contributed by atoms with Crippen LogP contribution in [-0.2, 0) is 6.42 Å². The molecule has 0 unspecified atom stereocenters. The van der Waals surface area contributed by atoms with Gasteiger partial charge in [0.25, 0.3) is 0 Å². The van der Waals surface area contributed by atoms with Crippen molar-refractivity contribution in [2.75, 3.05) is 6.61 Å². The summed E-state index contributed by atoms with van der Waals surface area (Å²) in [6.07, 6.45) is 13.2. The fourth-order valence-electron chi connectivity index (χ4n) is 3.71. The van der Waals surface area contributed by atoms with Gasteiger partial charge in [-0.2, -0.15) is 0 Å². The lowest BCUT2D eigenvalue weighted by Gasteiger charge is -2.10. The summed E-state index contributed by atoms with van der Waals surface area (Å²) in [7, 11) is 0. The molecule has 0 aliphatic rings. The highest BCUT2D eigenvalue weighted by molar-refractivity contribution is 5.44. The molecule has 2 aromatic rings. The van der Waals surface area contributed by atoms with Gasteiger partial charge in [0.1, 0.15) is 18.5 Å². The van der Waals surface area contributed by atoms with Crippen molar-refractivity contribution in [3.63, 3.8) is 0 Å². The van der Waals surface area contributed by atoms with Crippen LogP contribution in [0.1, 0.15) is 101 Å². The molecule has 32 heavy (non-hydrogen) atoms. The molecule has 0 aliphatic heterocycles. The summed E-state index contributed by atoms with van der Waals surface area (Å²) in [5.74, 6) is 7.14. The van der Waals surface area contributed by atoms with Gasteiger partial charge in [0.05, 0.1) is 0 Å². The summed E-state index contributed by atoms with van der Waals surface area (Å²) in [6.45, 7) is 4.55. The normalized spacial score (nSPS) is 11.6. The molecule has 2 aromatic carbocycles. The van der Waals surface area contributed by atoms with Crippen LogP contribution >= 0.6 is 0 Å². The van der Waals surface area contributed by atoms with Gasteiger partial charge in [-0.25, -0.2) is 4.39 Å². The molecule has 1 nitrogen and oxygen atoms in total. The largest absolute Gasteiger partial charge is 0.491 e. The van der Waals surface area contributed by atoms with Crippen LogP contribution < -0.4 is 4.74 Å². The molecule has 2 rings (SSSR count). The van der Waals surface area contributed by atoms with Gasteiger partial charge in [0.2, 0.25) is 0 Å². The average Bonchev–Trinajstić information content (AvgIpc) is 2.83. The van der Waals surface area contributed by atoms with E-state index in [2.05, 4.69) is 50.0 Å². The Morgan fingerprint density at radius 2 is 1.22 bits per heavy atom. The highest BCUT2D eigenvalue weighted by Crippen LogP contribution is 2.15. The first-order chi connectivity index (χ1) is 15.7. The molecule has 0 aliphatic carbocycles. The van der Waals surface area contributed by atoms with E-state index in [-0.39, 0.29) is 6.61 Å². The second-order valence-electron chi connectivity index (χ2n) is 8.75. The predicted octanol–water partition coefficient (Wildman–Crippen LogP) is 8.68. The van der Waals surface area contributed by atoms with Gasteiger partial charge in [-0.1, -0.05) is 95.6 Å². The lowest BCUT2D eigenvalue weighted by atomic mass is 10.0. The predicted molar refractivity (Wildman–Crippen MR) is 135 cm³/mol. The SMILES string of the molecule is CCCCCCCCc1ccc(C#Cc2ccc(OC[C@@H](F)CCCCCC)cc2)cc1. The summed E-state index contributed by atoms with van der Waals surface area (Å²) in [5.41, 5.74) is 3.36. The molecule has 0 radical (unpaired) electrons. The number of hydrogen-bond acceptors (Lipinski definition) is 1. The third-order valence-corrected chi connectivity index (χ3v) is 5.78. The van der Waals surface area contributed by atoms with Gasteiger partial charge in [0.15, 0.2) is 0 Å². The van der Waals surface area contributed by atoms with Gasteiger partial charge in [-0.15, -0.1) is 0 Å². The number of unbranched alkanes of at least 4 members (excludes halogenated alkanes) is 8. The van der Waals surface area contributed by atoms with E-state index < -0.39 is 6.17 Å². The van der Waals surface area contributed by atoms with Crippen molar-refractivity contribution >= 4 is 0 Å². The van der Waals surface area contributed by atoms with Crippen molar-refractivity contribution in [2.45, 2.75) is 97.1 Å². The standard InChI is InChI=1S/C30H41FO/c1-3-5-7-9-10-11-13-26-15-17-27(18-16-26)19-20-28-21-23-30(24-22-28)32-25-29(31)14-12-8-6-4-2/h15-18,21-24,29H,3-14,25H2,1-2H3/t29-/m0/s1. The van der Waals surface area contributed by atoms with Crippen LogP contribution in [0, 0.1) is 11.8 Å². The van der Waals surface area contributed by atoms with Crippen molar-refractivity contribution in [2.24, 2.45) is 0 Å². The molecule has 174 valence electrons. The fourth-order valence-corrected chi connectivity index (χ4v) is 3.71. The molecule has 0 heterocycles. The zero-order valence-corrected chi connectivity index (χ0v) is 20.2. The zero-order valence-electron chi connectivity index (χ0n) is 20.2.